The number of esters is 1. The van der Waals surface area contributed by atoms with E-state index in [0.717, 1.165) is 35.6 Å². The molecule has 0 saturated carbocycles. The molecule has 1 amide bonds. The standard InChI is InChI=1S/C22H27N5O3/c1-3-30-22(29)16-8-10-26(11-9-16)14-21(28)24-19-12-15(2)25-27(19)20-13-17-6-4-5-7-18(17)23-20/h4-7,12,16H,3,8-11,13-14H2,1-2H3,(H,24,28). The van der Waals surface area contributed by atoms with Crippen LogP contribution in [-0.2, 0) is 20.7 Å². The number of para-hydroxylation sites is 1. The van der Waals surface area contributed by atoms with Gasteiger partial charge in [-0.3, -0.25) is 14.5 Å². The third-order valence-corrected chi connectivity index (χ3v) is 5.51. The van der Waals surface area contributed by atoms with Crippen LogP contribution in [0.4, 0.5) is 11.5 Å². The Labute approximate surface area is 175 Å². The van der Waals surface area contributed by atoms with Crippen LogP contribution in [0.25, 0.3) is 0 Å². The number of amides is 1. The highest BCUT2D eigenvalue weighted by Crippen LogP contribution is 2.27. The first-order chi connectivity index (χ1) is 14.5. The molecular formula is C22H27N5O3. The van der Waals surface area contributed by atoms with Crippen LogP contribution in [0, 0.1) is 12.8 Å². The van der Waals surface area contributed by atoms with Gasteiger partial charge in [0.15, 0.2) is 0 Å². The molecule has 0 aliphatic carbocycles. The summed E-state index contributed by atoms with van der Waals surface area (Å²) >= 11 is 0. The van der Waals surface area contributed by atoms with Crippen LogP contribution in [0.3, 0.4) is 0 Å². The Balaban J connectivity index is 1.36. The number of carbonyl (C=O) groups excluding carboxylic acids is 2. The second-order valence-corrected chi connectivity index (χ2v) is 7.77. The molecule has 4 rings (SSSR count). The van der Waals surface area contributed by atoms with Gasteiger partial charge in [0.1, 0.15) is 11.7 Å². The second kappa shape index (κ2) is 8.79. The first-order valence-electron chi connectivity index (χ1n) is 10.4. The van der Waals surface area contributed by atoms with E-state index >= 15 is 0 Å². The van der Waals surface area contributed by atoms with E-state index in [0.29, 0.717) is 31.9 Å². The summed E-state index contributed by atoms with van der Waals surface area (Å²) in [5.74, 6) is 1.15. The van der Waals surface area contributed by atoms with Crippen molar-refractivity contribution >= 4 is 29.2 Å². The summed E-state index contributed by atoms with van der Waals surface area (Å²) in [5.41, 5.74) is 2.92. The van der Waals surface area contributed by atoms with Gasteiger partial charge in [-0.2, -0.15) is 5.10 Å². The van der Waals surface area contributed by atoms with E-state index in [9.17, 15) is 9.59 Å². The summed E-state index contributed by atoms with van der Waals surface area (Å²) in [5, 5.41) is 7.51. The average molecular weight is 409 g/mol. The molecule has 1 aromatic carbocycles. The first-order valence-corrected chi connectivity index (χ1v) is 10.4. The molecule has 1 aromatic heterocycles. The van der Waals surface area contributed by atoms with Gasteiger partial charge in [0.05, 0.1) is 30.5 Å². The number of fused-ring (bicyclic) bond motifs is 1. The fraction of sp³-hybridized carbons (Fsp3) is 0.455. The highest BCUT2D eigenvalue weighted by atomic mass is 16.5. The Morgan fingerprint density at radius 1 is 1.23 bits per heavy atom. The Morgan fingerprint density at radius 3 is 2.73 bits per heavy atom. The van der Waals surface area contributed by atoms with Gasteiger partial charge in [-0.15, -0.1) is 0 Å². The van der Waals surface area contributed by atoms with Crippen molar-refractivity contribution in [2.45, 2.75) is 33.1 Å². The number of hydrogen-bond donors (Lipinski definition) is 1. The van der Waals surface area contributed by atoms with Crippen molar-refractivity contribution in [1.82, 2.24) is 14.7 Å². The third-order valence-electron chi connectivity index (χ3n) is 5.51. The molecular weight excluding hydrogens is 382 g/mol. The Bertz CT molecular complexity index is 973. The second-order valence-electron chi connectivity index (χ2n) is 7.77. The number of carbonyl (C=O) groups is 2. The molecule has 2 aliphatic rings. The smallest absolute Gasteiger partial charge is 0.309 e. The molecule has 1 N–H and O–H groups in total. The van der Waals surface area contributed by atoms with E-state index in [4.69, 9.17) is 4.74 Å². The summed E-state index contributed by atoms with van der Waals surface area (Å²) in [4.78, 5) is 31.3. The van der Waals surface area contributed by atoms with Gasteiger partial charge >= 0.3 is 5.97 Å². The Morgan fingerprint density at radius 2 is 2.00 bits per heavy atom. The van der Waals surface area contributed by atoms with Crippen molar-refractivity contribution in [2.75, 3.05) is 31.6 Å². The van der Waals surface area contributed by atoms with Crippen LogP contribution in [0.15, 0.2) is 35.3 Å². The number of nitrogens with zero attached hydrogens (tertiary/aromatic N) is 4. The Kier molecular flexibility index (Phi) is 5.94. The van der Waals surface area contributed by atoms with Crippen molar-refractivity contribution in [3.63, 3.8) is 0 Å². The SMILES string of the molecule is CCOC(=O)C1CCN(CC(=O)Nc2cc(C)nn2C2=Nc3ccccc3C2)CC1. The maximum absolute atomic E-state index is 12.7. The summed E-state index contributed by atoms with van der Waals surface area (Å²) in [7, 11) is 0. The molecule has 0 spiro atoms. The van der Waals surface area contributed by atoms with Crippen molar-refractivity contribution in [1.29, 1.82) is 0 Å². The number of aromatic nitrogens is 2. The molecule has 8 nitrogen and oxygen atoms in total. The number of aryl methyl sites for hydroxylation is 1. The van der Waals surface area contributed by atoms with Gasteiger partial charge < -0.3 is 10.1 Å². The zero-order valence-electron chi connectivity index (χ0n) is 17.4. The highest BCUT2D eigenvalue weighted by molar-refractivity contribution is 5.98. The number of rotatable bonds is 5. The zero-order chi connectivity index (χ0) is 21.1. The molecule has 2 aliphatic heterocycles. The normalized spacial score (nSPS) is 16.8. The molecule has 0 unspecified atom stereocenters. The van der Waals surface area contributed by atoms with Crippen molar-refractivity contribution in [2.24, 2.45) is 10.9 Å². The molecule has 0 bridgehead atoms. The number of aliphatic imine (C=N–C) groups is 1. The largest absolute Gasteiger partial charge is 0.466 e. The van der Waals surface area contributed by atoms with Crippen molar-refractivity contribution < 1.29 is 14.3 Å². The number of benzene rings is 1. The number of anilines is 1. The van der Waals surface area contributed by atoms with Gasteiger partial charge in [0.2, 0.25) is 5.91 Å². The molecule has 1 saturated heterocycles. The van der Waals surface area contributed by atoms with Crippen molar-refractivity contribution in [3.8, 4) is 0 Å². The van der Waals surface area contributed by atoms with Crippen LogP contribution >= 0.6 is 0 Å². The molecule has 3 heterocycles. The van der Waals surface area contributed by atoms with Crippen LogP contribution in [0.5, 0.6) is 0 Å². The predicted molar refractivity (Wildman–Crippen MR) is 114 cm³/mol. The number of likely N-dealkylation sites (tertiary alicyclic amines) is 1. The third kappa shape index (κ3) is 4.43. The van der Waals surface area contributed by atoms with Gasteiger partial charge in [-0.1, -0.05) is 18.2 Å². The number of nitrogens with one attached hydrogen (secondary N) is 1. The van der Waals surface area contributed by atoms with E-state index in [-0.39, 0.29) is 24.3 Å². The lowest BCUT2D eigenvalue weighted by Gasteiger charge is -2.30. The van der Waals surface area contributed by atoms with E-state index < -0.39 is 0 Å². The molecule has 158 valence electrons. The lowest BCUT2D eigenvalue weighted by Crippen LogP contribution is -2.41. The predicted octanol–water partition coefficient (Wildman–Crippen LogP) is 2.54. The Hall–Kier alpha value is -3.00. The number of hydrogen-bond acceptors (Lipinski definition) is 6. The topological polar surface area (TPSA) is 88.8 Å². The minimum atomic E-state index is -0.126. The quantitative estimate of drug-likeness (QED) is 0.767. The van der Waals surface area contributed by atoms with Gasteiger partial charge in [-0.25, -0.2) is 9.67 Å². The monoisotopic (exact) mass is 409 g/mol. The molecule has 1 fully saturated rings. The summed E-state index contributed by atoms with van der Waals surface area (Å²) in [6.07, 6.45) is 2.12. The minimum absolute atomic E-state index is 0.0599. The van der Waals surface area contributed by atoms with Gasteiger partial charge in [-0.05, 0) is 51.4 Å². The maximum atomic E-state index is 12.7. The fourth-order valence-electron chi connectivity index (χ4n) is 4.00. The summed E-state index contributed by atoms with van der Waals surface area (Å²) in [6.45, 7) is 5.82. The van der Waals surface area contributed by atoms with E-state index in [2.05, 4.69) is 26.4 Å². The lowest BCUT2D eigenvalue weighted by molar-refractivity contribution is -0.149. The summed E-state index contributed by atoms with van der Waals surface area (Å²) < 4.78 is 6.83. The van der Waals surface area contributed by atoms with E-state index in [1.54, 1.807) is 4.68 Å². The van der Waals surface area contributed by atoms with Crippen LogP contribution < -0.4 is 5.32 Å². The van der Waals surface area contributed by atoms with Crippen LogP contribution in [-0.4, -0.2) is 58.6 Å². The molecule has 2 aromatic rings. The maximum Gasteiger partial charge on any atom is 0.309 e. The van der Waals surface area contributed by atoms with Gasteiger partial charge in [0.25, 0.3) is 0 Å². The minimum Gasteiger partial charge on any atom is -0.466 e. The average Bonchev–Trinajstić information content (AvgIpc) is 3.31. The molecule has 8 heteroatoms. The van der Waals surface area contributed by atoms with Crippen LogP contribution in [0.2, 0.25) is 0 Å². The zero-order valence-corrected chi connectivity index (χ0v) is 17.4. The lowest BCUT2D eigenvalue weighted by atomic mass is 9.97. The first kappa shape index (κ1) is 20.3. The van der Waals surface area contributed by atoms with E-state index in [1.165, 1.54) is 0 Å². The van der Waals surface area contributed by atoms with Crippen molar-refractivity contribution in [3.05, 3.63) is 41.6 Å². The van der Waals surface area contributed by atoms with E-state index in [1.807, 2.05) is 38.1 Å². The number of ether oxygens (including phenoxy) is 1. The molecule has 0 atom stereocenters. The number of piperidine rings is 1. The van der Waals surface area contributed by atoms with Crippen LogP contribution in [0.1, 0.15) is 31.0 Å². The fourth-order valence-corrected chi connectivity index (χ4v) is 4.00. The molecule has 0 radical (unpaired) electrons. The molecule has 30 heavy (non-hydrogen) atoms. The highest BCUT2D eigenvalue weighted by Gasteiger charge is 2.27. The summed E-state index contributed by atoms with van der Waals surface area (Å²) in [6, 6.07) is 9.86. The van der Waals surface area contributed by atoms with Gasteiger partial charge in [0, 0.05) is 12.5 Å².